The highest BCUT2D eigenvalue weighted by Crippen LogP contribution is 2.38. The molecule has 0 saturated heterocycles. The van der Waals surface area contributed by atoms with Crippen molar-refractivity contribution in [3.8, 4) is 67.3 Å². The predicted octanol–water partition coefficient (Wildman–Crippen LogP) is 13.5. The lowest BCUT2D eigenvalue weighted by Gasteiger charge is -2.14. The fourth-order valence-electron chi connectivity index (χ4n) is 7.40. The third-order valence-electron chi connectivity index (χ3n) is 10.1. The second-order valence-corrected chi connectivity index (χ2v) is 13.4. The van der Waals surface area contributed by atoms with Gasteiger partial charge in [-0.15, -0.1) is 0 Å². The van der Waals surface area contributed by atoms with Gasteiger partial charge in [-0.05, 0) is 86.6 Å². The molecule has 0 bridgehead atoms. The molecule has 0 amide bonds. The molecule has 3 heteroatoms. The lowest BCUT2D eigenvalue weighted by molar-refractivity contribution is 0.669. The van der Waals surface area contributed by atoms with E-state index in [0.717, 1.165) is 77.8 Å². The molecule has 53 heavy (non-hydrogen) atoms. The fraction of sp³-hybridized carbons (Fsp3) is 0. The Morgan fingerprint density at radius 3 is 1.66 bits per heavy atom. The van der Waals surface area contributed by atoms with Crippen LogP contribution >= 0.6 is 0 Å². The lowest BCUT2D eigenvalue weighted by atomic mass is 9.94. The van der Waals surface area contributed by atoms with Crippen LogP contribution in [0.3, 0.4) is 0 Å². The molecule has 0 aliphatic carbocycles. The van der Waals surface area contributed by atoms with Crippen molar-refractivity contribution in [1.29, 1.82) is 0 Å². The first-order chi connectivity index (χ1) is 26.2. The van der Waals surface area contributed by atoms with Crippen LogP contribution in [-0.4, -0.2) is 9.97 Å². The monoisotopic (exact) mass is 676 g/mol. The minimum Gasteiger partial charge on any atom is -0.456 e. The van der Waals surface area contributed by atoms with Crippen LogP contribution in [0.2, 0.25) is 0 Å². The van der Waals surface area contributed by atoms with Crippen molar-refractivity contribution in [2.45, 2.75) is 0 Å². The summed E-state index contributed by atoms with van der Waals surface area (Å²) in [6.45, 7) is 0. The molecule has 10 aromatic rings. The van der Waals surface area contributed by atoms with Crippen molar-refractivity contribution in [3.63, 3.8) is 0 Å². The number of hydrogen-bond acceptors (Lipinski definition) is 3. The minimum absolute atomic E-state index is 0.684. The topological polar surface area (TPSA) is 38.9 Å². The SMILES string of the molecule is c1ccc(-c2cc(-c3ccc4oc5ccccc5c4c3)cc(-c3cc(-c4ccccc4)nc(-c4ccc(-c5cccc6ccccc56)cc4)n3)c2)cc1. The molecule has 0 radical (unpaired) electrons. The van der Waals surface area contributed by atoms with Crippen molar-refractivity contribution in [3.05, 3.63) is 194 Å². The molecule has 248 valence electrons. The first-order valence-corrected chi connectivity index (χ1v) is 17.9. The summed E-state index contributed by atoms with van der Waals surface area (Å²) in [6.07, 6.45) is 0. The standard InChI is InChI=1S/C50H32N2O/c1-3-12-33(13-4-1)39-28-40(38-26-27-49-45(31-38)44-19-9-10-21-48(44)53-49)30-41(29-39)47-32-46(36-15-5-2-6-16-36)51-50(52-47)37-24-22-35(23-25-37)43-20-11-17-34-14-7-8-18-42(34)43/h1-32H. The molecule has 0 aliphatic heterocycles. The highest BCUT2D eigenvalue weighted by molar-refractivity contribution is 6.06. The van der Waals surface area contributed by atoms with Crippen LogP contribution in [0.25, 0.3) is 100.0 Å². The quantitative estimate of drug-likeness (QED) is 0.176. The van der Waals surface area contributed by atoms with Crippen molar-refractivity contribution in [2.24, 2.45) is 0 Å². The number of hydrogen-bond donors (Lipinski definition) is 0. The van der Waals surface area contributed by atoms with E-state index in [1.165, 1.54) is 16.3 Å². The molecule has 0 unspecified atom stereocenters. The normalized spacial score (nSPS) is 11.4. The van der Waals surface area contributed by atoms with Gasteiger partial charge in [-0.25, -0.2) is 9.97 Å². The predicted molar refractivity (Wildman–Crippen MR) is 219 cm³/mol. The maximum atomic E-state index is 6.17. The summed E-state index contributed by atoms with van der Waals surface area (Å²) in [5.41, 5.74) is 13.4. The zero-order chi connectivity index (χ0) is 35.1. The van der Waals surface area contributed by atoms with Crippen molar-refractivity contribution in [2.75, 3.05) is 0 Å². The van der Waals surface area contributed by atoms with Gasteiger partial charge in [0.25, 0.3) is 0 Å². The van der Waals surface area contributed by atoms with Gasteiger partial charge >= 0.3 is 0 Å². The third-order valence-corrected chi connectivity index (χ3v) is 10.1. The van der Waals surface area contributed by atoms with E-state index < -0.39 is 0 Å². The van der Waals surface area contributed by atoms with Crippen LogP contribution in [0.1, 0.15) is 0 Å². The van der Waals surface area contributed by atoms with Gasteiger partial charge in [0.05, 0.1) is 11.4 Å². The first-order valence-electron chi connectivity index (χ1n) is 17.9. The average molecular weight is 677 g/mol. The highest BCUT2D eigenvalue weighted by Gasteiger charge is 2.15. The molecular formula is C50H32N2O. The van der Waals surface area contributed by atoms with Crippen molar-refractivity contribution in [1.82, 2.24) is 9.97 Å². The van der Waals surface area contributed by atoms with Crippen molar-refractivity contribution < 1.29 is 4.42 Å². The first kappa shape index (κ1) is 30.7. The molecule has 0 N–H and O–H groups in total. The second-order valence-electron chi connectivity index (χ2n) is 13.4. The summed E-state index contributed by atoms with van der Waals surface area (Å²) in [6, 6.07) is 68.1. The Morgan fingerprint density at radius 2 is 0.868 bits per heavy atom. The molecule has 10 rings (SSSR count). The van der Waals surface area contributed by atoms with Gasteiger partial charge in [-0.3, -0.25) is 0 Å². The minimum atomic E-state index is 0.684. The smallest absolute Gasteiger partial charge is 0.160 e. The van der Waals surface area contributed by atoms with Crippen LogP contribution in [-0.2, 0) is 0 Å². The summed E-state index contributed by atoms with van der Waals surface area (Å²) in [4.78, 5) is 10.4. The van der Waals surface area contributed by atoms with E-state index in [1.54, 1.807) is 0 Å². The van der Waals surface area contributed by atoms with E-state index in [0.29, 0.717) is 5.82 Å². The fourth-order valence-corrected chi connectivity index (χ4v) is 7.40. The molecule has 3 nitrogen and oxygen atoms in total. The number of para-hydroxylation sites is 1. The van der Waals surface area contributed by atoms with E-state index >= 15 is 0 Å². The van der Waals surface area contributed by atoms with Gasteiger partial charge in [-0.2, -0.15) is 0 Å². The Morgan fingerprint density at radius 1 is 0.302 bits per heavy atom. The molecular weight excluding hydrogens is 645 g/mol. The van der Waals surface area contributed by atoms with Gasteiger partial charge < -0.3 is 4.42 Å². The Bertz CT molecular complexity index is 2920. The molecule has 2 aromatic heterocycles. The molecule has 0 fully saturated rings. The summed E-state index contributed by atoms with van der Waals surface area (Å²) in [5.74, 6) is 0.684. The van der Waals surface area contributed by atoms with Crippen LogP contribution in [0, 0.1) is 0 Å². The molecule has 0 atom stereocenters. The molecule has 0 aliphatic rings. The van der Waals surface area contributed by atoms with E-state index in [2.05, 4.69) is 176 Å². The largest absolute Gasteiger partial charge is 0.456 e. The number of fused-ring (bicyclic) bond motifs is 4. The molecule has 8 aromatic carbocycles. The number of rotatable bonds is 6. The van der Waals surface area contributed by atoms with Gasteiger partial charge in [0, 0.05) is 27.5 Å². The van der Waals surface area contributed by atoms with E-state index in [9.17, 15) is 0 Å². The Hall–Kier alpha value is -7.10. The van der Waals surface area contributed by atoms with Crippen molar-refractivity contribution >= 4 is 32.7 Å². The van der Waals surface area contributed by atoms with Crippen LogP contribution in [0.4, 0.5) is 0 Å². The van der Waals surface area contributed by atoms with E-state index in [1.807, 2.05) is 18.2 Å². The van der Waals surface area contributed by atoms with Gasteiger partial charge in [-0.1, -0.05) is 152 Å². The van der Waals surface area contributed by atoms with Crippen LogP contribution < -0.4 is 0 Å². The number of aromatic nitrogens is 2. The summed E-state index contributed by atoms with van der Waals surface area (Å²) >= 11 is 0. The second kappa shape index (κ2) is 12.9. The Balaban J connectivity index is 1.13. The summed E-state index contributed by atoms with van der Waals surface area (Å²) in [5, 5.41) is 4.69. The zero-order valence-electron chi connectivity index (χ0n) is 28.8. The van der Waals surface area contributed by atoms with Gasteiger partial charge in [0.1, 0.15) is 11.2 Å². The zero-order valence-corrected chi connectivity index (χ0v) is 28.8. The highest BCUT2D eigenvalue weighted by atomic mass is 16.3. The Kier molecular flexibility index (Phi) is 7.47. The average Bonchev–Trinajstić information content (AvgIpc) is 3.62. The number of benzene rings is 8. The maximum absolute atomic E-state index is 6.17. The number of furan rings is 1. The van der Waals surface area contributed by atoms with Crippen LogP contribution in [0.15, 0.2) is 199 Å². The van der Waals surface area contributed by atoms with E-state index in [4.69, 9.17) is 14.4 Å². The third kappa shape index (κ3) is 5.75. The molecule has 0 spiro atoms. The molecule has 2 heterocycles. The van der Waals surface area contributed by atoms with E-state index in [-0.39, 0.29) is 0 Å². The summed E-state index contributed by atoms with van der Waals surface area (Å²) in [7, 11) is 0. The van der Waals surface area contributed by atoms with Gasteiger partial charge in [0.2, 0.25) is 0 Å². The molecule has 0 saturated carbocycles. The Labute approximate surface area is 307 Å². The van der Waals surface area contributed by atoms with Gasteiger partial charge in [0.15, 0.2) is 5.82 Å². The lowest BCUT2D eigenvalue weighted by Crippen LogP contribution is -1.96. The van der Waals surface area contributed by atoms with Crippen LogP contribution in [0.5, 0.6) is 0 Å². The summed E-state index contributed by atoms with van der Waals surface area (Å²) < 4.78 is 6.17. The number of nitrogens with zero attached hydrogens (tertiary/aromatic N) is 2. The maximum Gasteiger partial charge on any atom is 0.160 e.